The summed E-state index contributed by atoms with van der Waals surface area (Å²) in [6, 6.07) is 9.90. The molecule has 10 heteroatoms. The van der Waals surface area contributed by atoms with Crippen LogP contribution in [0.15, 0.2) is 54.0 Å². The van der Waals surface area contributed by atoms with Gasteiger partial charge in [0.2, 0.25) is 0 Å². The van der Waals surface area contributed by atoms with Crippen molar-refractivity contribution in [1.82, 2.24) is 24.4 Å². The first-order valence-electron chi connectivity index (χ1n) is 12.3. The van der Waals surface area contributed by atoms with Crippen LogP contribution in [0.1, 0.15) is 25.6 Å². The number of hydrogen-bond donors (Lipinski definition) is 0. The van der Waals surface area contributed by atoms with Gasteiger partial charge in [0, 0.05) is 37.9 Å². The molecule has 0 radical (unpaired) electrons. The molecule has 2 aliphatic heterocycles. The Morgan fingerprint density at radius 3 is 2.76 bits per heavy atom. The predicted molar refractivity (Wildman–Crippen MR) is 139 cm³/mol. The first kappa shape index (κ1) is 23.8. The van der Waals surface area contributed by atoms with Gasteiger partial charge in [0.15, 0.2) is 17.8 Å². The zero-order chi connectivity index (χ0) is 25.7. The third-order valence-corrected chi connectivity index (χ3v) is 6.65. The Morgan fingerprint density at radius 1 is 1.08 bits per heavy atom. The molecule has 6 rings (SSSR count). The van der Waals surface area contributed by atoms with E-state index in [9.17, 15) is 0 Å². The lowest BCUT2D eigenvalue weighted by molar-refractivity contribution is -0.198. The topological polar surface area (TPSA) is 96.1 Å². The summed E-state index contributed by atoms with van der Waals surface area (Å²) < 4.78 is 27.2. The van der Waals surface area contributed by atoms with Crippen LogP contribution in [0.3, 0.4) is 0 Å². The van der Waals surface area contributed by atoms with E-state index in [0.29, 0.717) is 12.4 Å². The number of rotatable bonds is 6. The van der Waals surface area contributed by atoms with E-state index in [1.807, 2.05) is 80.1 Å². The summed E-state index contributed by atoms with van der Waals surface area (Å²) >= 11 is 0. The van der Waals surface area contributed by atoms with Crippen LogP contribution in [-0.2, 0) is 14.2 Å². The van der Waals surface area contributed by atoms with E-state index in [-0.39, 0.29) is 18.3 Å². The summed E-state index contributed by atoms with van der Waals surface area (Å²) in [6.45, 7) is 6.22. The third kappa shape index (κ3) is 4.41. The van der Waals surface area contributed by atoms with Crippen LogP contribution >= 0.6 is 0 Å². The number of aliphatic imine (C=N–C) groups is 1. The first-order chi connectivity index (χ1) is 17.8. The normalized spacial score (nSPS) is 24.8. The van der Waals surface area contributed by atoms with Gasteiger partial charge in [0.25, 0.3) is 0 Å². The highest BCUT2D eigenvalue weighted by Gasteiger charge is 2.56. The second-order valence-electron chi connectivity index (χ2n) is 10.1. The standard InChI is InChI=1S/C27H30N6O4/c1-16-8-10-28-20-12-17(6-7-18(16)20)34-13-21-22-23(37-27(2,3)36-22)26(35-21)33-11-9-19-24(31-15-32(4)5)29-14-30-25(19)33/h6-12,14-15,21-23,26H,13H2,1-5H3/b31-15+/t21-,22-,23-,26-/m1/s1. The molecule has 1 aromatic carbocycles. The van der Waals surface area contributed by atoms with E-state index in [1.54, 1.807) is 6.34 Å². The Kier molecular flexibility index (Phi) is 5.82. The minimum absolute atomic E-state index is 0.300. The lowest BCUT2D eigenvalue weighted by Crippen LogP contribution is -2.33. The van der Waals surface area contributed by atoms with Gasteiger partial charge in [0.05, 0.1) is 17.2 Å². The zero-order valence-corrected chi connectivity index (χ0v) is 21.5. The van der Waals surface area contributed by atoms with Crippen LogP contribution in [0.5, 0.6) is 5.75 Å². The van der Waals surface area contributed by atoms with Crippen LogP contribution in [0, 0.1) is 6.92 Å². The summed E-state index contributed by atoms with van der Waals surface area (Å²) in [6.07, 6.45) is 5.56. The van der Waals surface area contributed by atoms with Gasteiger partial charge in [-0.25, -0.2) is 15.0 Å². The van der Waals surface area contributed by atoms with Gasteiger partial charge in [-0.1, -0.05) is 0 Å². The number of aromatic nitrogens is 4. The lowest BCUT2D eigenvalue weighted by atomic mass is 10.1. The van der Waals surface area contributed by atoms with Crippen molar-refractivity contribution in [3.63, 3.8) is 0 Å². The largest absolute Gasteiger partial charge is 0.491 e. The fourth-order valence-electron chi connectivity index (χ4n) is 4.99. The molecule has 192 valence electrons. The first-order valence-corrected chi connectivity index (χ1v) is 12.3. The number of fused-ring (bicyclic) bond motifs is 3. The Morgan fingerprint density at radius 2 is 1.92 bits per heavy atom. The average Bonchev–Trinajstić information content (AvgIpc) is 3.52. The SMILES string of the molecule is Cc1ccnc2cc(OC[C@H]3O[C@@H](n4ccc5c(/N=C/N(C)C)ncnc54)[C@@H]4OC(C)(C)O[C@@H]43)ccc12. The number of aryl methyl sites for hydroxylation is 1. The minimum Gasteiger partial charge on any atom is -0.491 e. The van der Waals surface area contributed by atoms with Crippen molar-refractivity contribution in [1.29, 1.82) is 0 Å². The van der Waals surface area contributed by atoms with Gasteiger partial charge < -0.3 is 28.4 Å². The average molecular weight is 503 g/mol. The molecule has 2 saturated heterocycles. The Balaban J connectivity index is 1.27. The van der Waals surface area contributed by atoms with Gasteiger partial charge in [-0.3, -0.25) is 4.98 Å². The van der Waals surface area contributed by atoms with Crippen LogP contribution in [-0.4, -0.2) is 75.6 Å². The second-order valence-corrected chi connectivity index (χ2v) is 10.1. The highest BCUT2D eigenvalue weighted by atomic mass is 16.8. The number of pyridine rings is 1. The number of ether oxygens (including phenoxy) is 4. The molecule has 0 amide bonds. The van der Waals surface area contributed by atoms with Crippen LogP contribution < -0.4 is 4.74 Å². The molecule has 0 spiro atoms. The monoisotopic (exact) mass is 502 g/mol. The van der Waals surface area contributed by atoms with E-state index in [0.717, 1.165) is 27.7 Å². The van der Waals surface area contributed by atoms with Crippen molar-refractivity contribution in [3.8, 4) is 5.75 Å². The van der Waals surface area contributed by atoms with Crippen molar-refractivity contribution >= 4 is 34.1 Å². The molecule has 0 aliphatic carbocycles. The van der Waals surface area contributed by atoms with Gasteiger partial charge in [-0.15, -0.1) is 0 Å². The Labute approximate surface area is 214 Å². The van der Waals surface area contributed by atoms with Crippen molar-refractivity contribution in [2.45, 2.75) is 51.1 Å². The predicted octanol–water partition coefficient (Wildman–Crippen LogP) is 4.01. The molecule has 0 unspecified atom stereocenters. The summed E-state index contributed by atoms with van der Waals surface area (Å²) in [7, 11) is 3.83. The molecule has 5 heterocycles. The van der Waals surface area contributed by atoms with E-state index in [2.05, 4.69) is 26.9 Å². The molecule has 0 saturated carbocycles. The lowest BCUT2D eigenvalue weighted by Gasteiger charge is -2.25. The molecular weight excluding hydrogens is 472 g/mol. The van der Waals surface area contributed by atoms with Crippen molar-refractivity contribution in [2.24, 2.45) is 4.99 Å². The molecule has 0 bridgehead atoms. The second kappa shape index (κ2) is 9.05. The van der Waals surface area contributed by atoms with Crippen LogP contribution in [0.2, 0.25) is 0 Å². The van der Waals surface area contributed by atoms with Gasteiger partial charge in [-0.2, -0.15) is 0 Å². The van der Waals surface area contributed by atoms with Crippen molar-refractivity contribution in [2.75, 3.05) is 20.7 Å². The number of hydrogen-bond acceptors (Lipinski definition) is 8. The molecular formula is C27H30N6O4. The van der Waals surface area contributed by atoms with Gasteiger partial charge in [0.1, 0.15) is 42.6 Å². The maximum atomic E-state index is 6.51. The zero-order valence-electron chi connectivity index (χ0n) is 21.5. The van der Waals surface area contributed by atoms with Crippen LogP contribution in [0.25, 0.3) is 21.9 Å². The number of nitrogens with zero attached hydrogens (tertiary/aromatic N) is 6. The Hall–Kier alpha value is -3.60. The summed E-state index contributed by atoms with van der Waals surface area (Å²) in [5.74, 6) is 0.588. The highest BCUT2D eigenvalue weighted by molar-refractivity contribution is 5.87. The maximum absolute atomic E-state index is 6.51. The fraction of sp³-hybridized carbons (Fsp3) is 0.407. The van der Waals surface area contributed by atoms with E-state index >= 15 is 0 Å². The Bertz CT molecular complexity index is 1480. The summed E-state index contributed by atoms with van der Waals surface area (Å²) in [5, 5.41) is 1.94. The number of benzene rings is 1. The molecule has 3 aromatic heterocycles. The molecule has 2 aliphatic rings. The molecule has 4 aromatic rings. The minimum atomic E-state index is -0.737. The maximum Gasteiger partial charge on any atom is 0.166 e. The van der Waals surface area contributed by atoms with E-state index < -0.39 is 12.0 Å². The van der Waals surface area contributed by atoms with E-state index in [1.165, 1.54) is 11.9 Å². The van der Waals surface area contributed by atoms with Crippen LogP contribution in [0.4, 0.5) is 5.82 Å². The van der Waals surface area contributed by atoms with Gasteiger partial charge >= 0.3 is 0 Å². The molecule has 2 fully saturated rings. The van der Waals surface area contributed by atoms with E-state index in [4.69, 9.17) is 18.9 Å². The highest BCUT2D eigenvalue weighted by Crippen LogP contribution is 2.44. The molecule has 4 atom stereocenters. The smallest absolute Gasteiger partial charge is 0.166 e. The molecule has 37 heavy (non-hydrogen) atoms. The molecule has 0 N–H and O–H groups in total. The van der Waals surface area contributed by atoms with Crippen molar-refractivity contribution < 1.29 is 18.9 Å². The van der Waals surface area contributed by atoms with Gasteiger partial charge in [-0.05, 0) is 50.6 Å². The molecule has 10 nitrogen and oxygen atoms in total. The third-order valence-electron chi connectivity index (χ3n) is 6.65. The van der Waals surface area contributed by atoms with Crippen molar-refractivity contribution in [3.05, 3.63) is 54.6 Å². The summed E-state index contributed by atoms with van der Waals surface area (Å²) in [4.78, 5) is 19.7. The summed E-state index contributed by atoms with van der Waals surface area (Å²) in [5.41, 5.74) is 2.79. The quantitative estimate of drug-likeness (QED) is 0.288. The fourth-order valence-corrected chi connectivity index (χ4v) is 4.99.